The lowest BCUT2D eigenvalue weighted by Crippen LogP contribution is -2.42. The number of ether oxygens (including phenoxy) is 3. The maximum absolute atomic E-state index is 13.3. The van der Waals surface area contributed by atoms with Gasteiger partial charge >= 0.3 is 5.97 Å². The Morgan fingerprint density at radius 1 is 1.12 bits per heavy atom. The third-order valence-electron chi connectivity index (χ3n) is 6.79. The van der Waals surface area contributed by atoms with E-state index in [0.717, 1.165) is 16.0 Å². The minimum atomic E-state index is -3.50. The first-order valence-electron chi connectivity index (χ1n) is 13.2. The molecule has 13 heteroatoms. The van der Waals surface area contributed by atoms with Crippen LogP contribution < -0.4 is 19.2 Å². The number of amides is 1. The summed E-state index contributed by atoms with van der Waals surface area (Å²) in [6, 6.07) is 13.7. The molecule has 0 saturated heterocycles. The number of anilines is 1. The van der Waals surface area contributed by atoms with Crippen molar-refractivity contribution in [3.63, 3.8) is 0 Å². The van der Waals surface area contributed by atoms with Gasteiger partial charge in [-0.3, -0.25) is 9.59 Å². The van der Waals surface area contributed by atoms with E-state index >= 15 is 0 Å². The highest BCUT2D eigenvalue weighted by Gasteiger charge is 2.32. The van der Waals surface area contributed by atoms with Crippen molar-refractivity contribution in [2.75, 3.05) is 30.1 Å². The van der Waals surface area contributed by atoms with Crippen LogP contribution in [0.15, 0.2) is 48.5 Å². The minimum absolute atomic E-state index is 0.114. The van der Waals surface area contributed by atoms with Crippen LogP contribution >= 0.6 is 34.7 Å². The Hall–Kier alpha value is -2.83. The van der Waals surface area contributed by atoms with Crippen LogP contribution in [0.5, 0.6) is 11.5 Å². The number of carbonyl (C=O) groups excluding carboxylic acids is 2. The molecule has 226 valence electrons. The summed E-state index contributed by atoms with van der Waals surface area (Å²) < 4.78 is 41.6. The Morgan fingerprint density at radius 2 is 1.83 bits per heavy atom. The van der Waals surface area contributed by atoms with Gasteiger partial charge in [-0.1, -0.05) is 44.5 Å². The van der Waals surface area contributed by atoms with Gasteiger partial charge in [0.2, 0.25) is 0 Å². The van der Waals surface area contributed by atoms with E-state index in [4.69, 9.17) is 37.6 Å². The number of sulfone groups is 1. The molecule has 0 fully saturated rings. The monoisotopic (exact) mass is 654 g/mol. The fourth-order valence-corrected chi connectivity index (χ4v) is 6.94. The quantitative estimate of drug-likeness (QED) is 0.184. The Kier molecular flexibility index (Phi) is 10.4. The van der Waals surface area contributed by atoms with E-state index in [9.17, 15) is 18.0 Å². The van der Waals surface area contributed by atoms with Crippen LogP contribution in [0.2, 0.25) is 5.02 Å². The van der Waals surface area contributed by atoms with Crippen molar-refractivity contribution < 1.29 is 32.2 Å². The molecule has 9 nitrogen and oxygen atoms in total. The van der Waals surface area contributed by atoms with Gasteiger partial charge in [-0.2, -0.15) is 0 Å². The molecule has 0 bridgehead atoms. The van der Waals surface area contributed by atoms with Gasteiger partial charge in [0.1, 0.15) is 18.8 Å². The summed E-state index contributed by atoms with van der Waals surface area (Å²) in [5.74, 6) is -0.866. The Balaban J connectivity index is 1.48. The largest absolute Gasteiger partial charge is 0.493 e. The van der Waals surface area contributed by atoms with Crippen molar-refractivity contribution in [3.8, 4) is 21.9 Å². The van der Waals surface area contributed by atoms with Gasteiger partial charge in [0, 0.05) is 27.4 Å². The number of thiophene rings is 1. The number of hydrogen-bond donors (Lipinski definition) is 1. The number of nitrogens with zero attached hydrogens (tertiary/aromatic N) is 1. The summed E-state index contributed by atoms with van der Waals surface area (Å²) in [4.78, 5) is 31.7. The summed E-state index contributed by atoms with van der Waals surface area (Å²) in [7, 11) is -2.03. The van der Waals surface area contributed by atoms with E-state index in [1.54, 1.807) is 36.9 Å². The maximum Gasteiger partial charge on any atom is 0.325 e. The highest BCUT2D eigenvalue weighted by molar-refractivity contribution is 7.91. The minimum Gasteiger partial charge on any atom is -0.493 e. The number of rotatable bonds is 13. The molecule has 2 heterocycles. The number of carbonyl (C=O) groups is 2. The van der Waals surface area contributed by atoms with Crippen molar-refractivity contribution in [1.29, 1.82) is 0 Å². The molecule has 4 rings (SSSR count). The second kappa shape index (κ2) is 13.6. The topological polar surface area (TPSA) is 111 Å². The molecule has 2 aromatic carbocycles. The standard InChI is InChI=1S/C29H32Cl2N2O7S2/c1-5-42(36,37)16-22(40-29(35)26(32-31)17(2)3)15-39-23-11-10-21(13-24(23)38-4)33-14-19-12-25(41-27(19)28(33)34)18-6-8-20(30)9-7-18/h6-13,17,22,26,32H,5,14-16H2,1-4H3/t22-,26-/m0/s1. The number of nitrogens with one attached hydrogen (secondary N) is 1. The lowest BCUT2D eigenvalue weighted by atomic mass is 10.1. The Morgan fingerprint density at radius 3 is 2.43 bits per heavy atom. The number of halogens is 2. The van der Waals surface area contributed by atoms with Crippen LogP contribution in [0, 0.1) is 5.92 Å². The first-order chi connectivity index (χ1) is 20.0. The van der Waals surface area contributed by atoms with Crippen molar-refractivity contribution in [2.45, 2.75) is 39.5 Å². The van der Waals surface area contributed by atoms with Crippen molar-refractivity contribution in [3.05, 3.63) is 64.0 Å². The van der Waals surface area contributed by atoms with E-state index in [1.807, 2.05) is 30.3 Å². The highest BCUT2D eigenvalue weighted by atomic mass is 35.5. The van der Waals surface area contributed by atoms with Gasteiger partial charge < -0.3 is 19.1 Å². The van der Waals surface area contributed by atoms with Gasteiger partial charge in [0.15, 0.2) is 21.3 Å². The van der Waals surface area contributed by atoms with Gasteiger partial charge in [0.25, 0.3) is 5.91 Å². The molecule has 1 aromatic heterocycles. The average molecular weight is 656 g/mol. The zero-order valence-corrected chi connectivity index (χ0v) is 26.7. The molecule has 3 aromatic rings. The molecule has 0 radical (unpaired) electrons. The number of esters is 1. The molecule has 1 aliphatic rings. The molecular weight excluding hydrogens is 623 g/mol. The molecule has 2 atom stereocenters. The molecule has 1 aliphatic heterocycles. The van der Waals surface area contributed by atoms with Crippen molar-refractivity contribution in [1.82, 2.24) is 4.84 Å². The molecule has 1 amide bonds. The van der Waals surface area contributed by atoms with Crippen LogP contribution in [0.4, 0.5) is 5.69 Å². The normalized spacial score (nSPS) is 14.5. The van der Waals surface area contributed by atoms with Gasteiger partial charge in [-0.25, -0.2) is 13.3 Å². The second-order valence-corrected chi connectivity index (χ2v) is 14.2. The Bertz CT molecular complexity index is 1540. The number of methoxy groups -OCH3 is 1. The number of benzene rings is 2. The lowest BCUT2D eigenvalue weighted by molar-refractivity contribution is -0.152. The number of hydrogen-bond acceptors (Lipinski definition) is 9. The molecular formula is C29H32Cl2N2O7S2. The summed E-state index contributed by atoms with van der Waals surface area (Å²) in [6.07, 6.45) is -1.08. The van der Waals surface area contributed by atoms with Crippen LogP contribution in [-0.4, -0.2) is 57.7 Å². The third-order valence-corrected chi connectivity index (χ3v) is 10.3. The van der Waals surface area contributed by atoms with Crippen LogP contribution in [0.25, 0.3) is 10.4 Å². The van der Waals surface area contributed by atoms with Crippen molar-refractivity contribution >= 4 is 62.1 Å². The summed E-state index contributed by atoms with van der Waals surface area (Å²) in [6.45, 7) is 5.25. The van der Waals surface area contributed by atoms with E-state index in [1.165, 1.54) is 25.4 Å². The van der Waals surface area contributed by atoms with E-state index in [0.29, 0.717) is 33.6 Å². The van der Waals surface area contributed by atoms with Gasteiger partial charge in [-0.15, -0.1) is 11.3 Å². The van der Waals surface area contributed by atoms with Crippen LogP contribution in [-0.2, 0) is 25.9 Å². The Labute approximate surface area is 259 Å². The lowest BCUT2D eigenvalue weighted by Gasteiger charge is -2.23. The highest BCUT2D eigenvalue weighted by Crippen LogP contribution is 2.40. The molecule has 1 N–H and O–H groups in total. The molecule has 0 unspecified atom stereocenters. The van der Waals surface area contributed by atoms with E-state index in [2.05, 4.69) is 4.84 Å². The van der Waals surface area contributed by atoms with E-state index < -0.39 is 33.7 Å². The maximum atomic E-state index is 13.3. The summed E-state index contributed by atoms with van der Waals surface area (Å²) in [5, 5.41) is 0.650. The zero-order valence-electron chi connectivity index (χ0n) is 23.6. The third kappa shape index (κ3) is 7.38. The van der Waals surface area contributed by atoms with Gasteiger partial charge in [-0.05, 0) is 59.2 Å². The fraction of sp³-hybridized carbons (Fsp3) is 0.379. The fourth-order valence-electron chi connectivity index (χ4n) is 4.38. The smallest absolute Gasteiger partial charge is 0.325 e. The molecule has 0 spiro atoms. The first kappa shape index (κ1) is 32.1. The summed E-state index contributed by atoms with van der Waals surface area (Å²) in [5.41, 5.74) is 2.54. The predicted octanol–water partition coefficient (Wildman–Crippen LogP) is 5.73. The van der Waals surface area contributed by atoms with Crippen molar-refractivity contribution in [2.24, 2.45) is 5.92 Å². The summed E-state index contributed by atoms with van der Waals surface area (Å²) >= 11 is 13.1. The predicted molar refractivity (Wildman–Crippen MR) is 166 cm³/mol. The second-order valence-electron chi connectivity index (χ2n) is 10.1. The first-order valence-corrected chi connectivity index (χ1v) is 16.6. The molecule has 42 heavy (non-hydrogen) atoms. The average Bonchev–Trinajstić information content (AvgIpc) is 3.51. The van der Waals surface area contributed by atoms with Crippen LogP contribution in [0.3, 0.4) is 0 Å². The van der Waals surface area contributed by atoms with Crippen LogP contribution in [0.1, 0.15) is 36.0 Å². The number of fused-ring (bicyclic) bond motifs is 1. The molecule has 0 aliphatic carbocycles. The van der Waals surface area contributed by atoms with Gasteiger partial charge in [0.05, 0.1) is 24.3 Å². The molecule has 0 saturated carbocycles. The zero-order chi connectivity index (χ0) is 30.6. The van der Waals surface area contributed by atoms with E-state index in [-0.39, 0.29) is 24.2 Å². The SMILES string of the molecule is CCS(=O)(=O)C[C@H](COc1ccc(N2Cc3cc(-c4ccc(Cl)cc4)sc3C2=O)cc1OC)OC(=O)[C@@H](NCl)C(C)C.